The van der Waals surface area contributed by atoms with Crippen LogP contribution in [0.2, 0.25) is 0 Å². The van der Waals surface area contributed by atoms with Gasteiger partial charge in [0.05, 0.1) is 0 Å². The van der Waals surface area contributed by atoms with Crippen LogP contribution in [0.25, 0.3) is 10.9 Å². The van der Waals surface area contributed by atoms with Crippen molar-refractivity contribution in [2.75, 3.05) is 5.73 Å². The van der Waals surface area contributed by atoms with E-state index in [-0.39, 0.29) is 11.3 Å². The second kappa shape index (κ2) is 4.60. The predicted molar refractivity (Wildman–Crippen MR) is 67.0 cm³/mol. The Bertz CT molecular complexity index is 623. The fraction of sp³-hybridized carbons (Fsp3) is 0.308. The molecule has 0 aliphatic heterocycles. The monoisotopic (exact) mass is 270 g/mol. The third-order valence-corrected chi connectivity index (χ3v) is 2.93. The molecule has 3 nitrogen and oxygen atoms in total. The van der Waals surface area contributed by atoms with Crippen LogP contribution in [0, 0.1) is 6.92 Å². The zero-order chi connectivity index (χ0) is 14.2. The molecule has 0 radical (unpaired) electrons. The van der Waals surface area contributed by atoms with Crippen molar-refractivity contribution in [3.63, 3.8) is 0 Å². The number of hydrogen-bond donors (Lipinski definition) is 1. The summed E-state index contributed by atoms with van der Waals surface area (Å²) < 4.78 is 41.0. The number of pyridine rings is 1. The largest absolute Gasteiger partial charge is 0.573 e. The minimum absolute atomic E-state index is 0.139. The number of halogens is 3. The van der Waals surface area contributed by atoms with Crippen molar-refractivity contribution in [3.8, 4) is 5.75 Å². The molecule has 102 valence electrons. The number of rotatable bonds is 2. The topological polar surface area (TPSA) is 48.1 Å². The molecule has 0 fully saturated rings. The first-order valence-corrected chi connectivity index (χ1v) is 5.77. The molecule has 0 spiro atoms. The molecule has 1 aromatic heterocycles. The molecule has 0 unspecified atom stereocenters. The average molecular weight is 270 g/mol. The summed E-state index contributed by atoms with van der Waals surface area (Å²) in [5.41, 5.74) is 7.99. The van der Waals surface area contributed by atoms with Crippen LogP contribution in [0.1, 0.15) is 18.2 Å². The summed E-state index contributed by atoms with van der Waals surface area (Å²) in [7, 11) is 0. The standard InChI is InChI=1S/C13H13F3N2O/c1-3-9-7(2)11(17)8-5-4-6-10(12(8)18-9)19-13(14,15)16/h4-6H,3H2,1-2H3,(H2,17,18). The highest BCUT2D eigenvalue weighted by molar-refractivity contribution is 5.95. The van der Waals surface area contributed by atoms with E-state index >= 15 is 0 Å². The van der Waals surface area contributed by atoms with Crippen LogP contribution in [0.5, 0.6) is 5.75 Å². The van der Waals surface area contributed by atoms with Crippen molar-refractivity contribution < 1.29 is 17.9 Å². The van der Waals surface area contributed by atoms with E-state index in [0.29, 0.717) is 23.2 Å². The lowest BCUT2D eigenvalue weighted by atomic mass is 10.1. The highest BCUT2D eigenvalue weighted by Gasteiger charge is 2.32. The van der Waals surface area contributed by atoms with E-state index in [1.807, 2.05) is 6.92 Å². The van der Waals surface area contributed by atoms with Crippen LogP contribution in [0.4, 0.5) is 18.9 Å². The summed E-state index contributed by atoms with van der Waals surface area (Å²) in [5.74, 6) is -0.327. The number of nitrogen functional groups attached to an aromatic ring is 1. The van der Waals surface area contributed by atoms with E-state index in [1.165, 1.54) is 12.1 Å². The minimum atomic E-state index is -4.75. The first kappa shape index (κ1) is 13.5. The van der Waals surface area contributed by atoms with Crippen molar-refractivity contribution in [2.24, 2.45) is 0 Å². The number of aryl methyl sites for hydroxylation is 1. The van der Waals surface area contributed by atoms with E-state index in [1.54, 1.807) is 13.0 Å². The Morgan fingerprint density at radius 2 is 2.00 bits per heavy atom. The Balaban J connectivity index is 2.71. The molecule has 0 amide bonds. The van der Waals surface area contributed by atoms with Gasteiger partial charge in [-0.1, -0.05) is 19.1 Å². The third-order valence-electron chi connectivity index (χ3n) is 2.93. The highest BCUT2D eigenvalue weighted by Crippen LogP contribution is 2.34. The van der Waals surface area contributed by atoms with E-state index in [4.69, 9.17) is 5.73 Å². The molecule has 2 aromatic rings. The van der Waals surface area contributed by atoms with Gasteiger partial charge in [-0.2, -0.15) is 0 Å². The normalized spacial score (nSPS) is 11.8. The van der Waals surface area contributed by atoms with Crippen LogP contribution in [-0.4, -0.2) is 11.3 Å². The van der Waals surface area contributed by atoms with Gasteiger partial charge in [0.25, 0.3) is 0 Å². The number of alkyl halides is 3. The predicted octanol–water partition coefficient (Wildman–Crippen LogP) is 3.59. The first-order valence-electron chi connectivity index (χ1n) is 5.77. The molecule has 19 heavy (non-hydrogen) atoms. The van der Waals surface area contributed by atoms with Crippen LogP contribution in [0.3, 0.4) is 0 Å². The maximum atomic E-state index is 12.4. The molecule has 0 aliphatic rings. The van der Waals surface area contributed by atoms with Gasteiger partial charge < -0.3 is 10.5 Å². The summed E-state index contributed by atoms with van der Waals surface area (Å²) in [6.07, 6.45) is -4.16. The van der Waals surface area contributed by atoms with Gasteiger partial charge in [0.15, 0.2) is 5.75 Å². The van der Waals surface area contributed by atoms with E-state index in [0.717, 1.165) is 5.56 Å². The van der Waals surface area contributed by atoms with Crippen molar-refractivity contribution in [1.82, 2.24) is 4.98 Å². The number of ether oxygens (including phenoxy) is 1. The Kier molecular flexibility index (Phi) is 3.26. The second-order valence-electron chi connectivity index (χ2n) is 4.15. The lowest BCUT2D eigenvalue weighted by Gasteiger charge is -2.14. The lowest BCUT2D eigenvalue weighted by Crippen LogP contribution is -2.17. The zero-order valence-corrected chi connectivity index (χ0v) is 10.5. The number of benzene rings is 1. The fourth-order valence-corrected chi connectivity index (χ4v) is 1.98. The van der Waals surface area contributed by atoms with Gasteiger partial charge in [0.1, 0.15) is 5.52 Å². The quantitative estimate of drug-likeness (QED) is 0.907. The van der Waals surface area contributed by atoms with Gasteiger partial charge in [-0.3, -0.25) is 0 Å². The van der Waals surface area contributed by atoms with Crippen molar-refractivity contribution in [2.45, 2.75) is 26.6 Å². The Morgan fingerprint density at radius 3 is 2.58 bits per heavy atom. The maximum absolute atomic E-state index is 12.4. The Labute approximate surface area is 108 Å². The Morgan fingerprint density at radius 1 is 1.32 bits per heavy atom. The number of nitrogens with two attached hydrogens (primary N) is 1. The van der Waals surface area contributed by atoms with E-state index < -0.39 is 6.36 Å². The number of para-hydroxylation sites is 1. The van der Waals surface area contributed by atoms with Crippen molar-refractivity contribution in [1.29, 1.82) is 0 Å². The second-order valence-corrected chi connectivity index (χ2v) is 4.15. The average Bonchev–Trinajstić information content (AvgIpc) is 2.32. The van der Waals surface area contributed by atoms with Gasteiger partial charge in [0.2, 0.25) is 0 Å². The first-order chi connectivity index (χ1) is 8.83. The number of hydrogen-bond acceptors (Lipinski definition) is 3. The summed E-state index contributed by atoms with van der Waals surface area (Å²) >= 11 is 0. The molecule has 2 N–H and O–H groups in total. The SMILES string of the molecule is CCc1nc2c(OC(F)(F)F)cccc2c(N)c1C. The summed E-state index contributed by atoms with van der Waals surface area (Å²) in [6, 6.07) is 4.33. The zero-order valence-electron chi connectivity index (χ0n) is 10.5. The van der Waals surface area contributed by atoms with E-state index in [9.17, 15) is 13.2 Å². The third kappa shape index (κ3) is 2.57. The van der Waals surface area contributed by atoms with Crippen LogP contribution < -0.4 is 10.5 Å². The molecule has 2 rings (SSSR count). The summed E-state index contributed by atoms with van der Waals surface area (Å²) in [6.45, 7) is 3.67. The lowest BCUT2D eigenvalue weighted by molar-refractivity contribution is -0.274. The van der Waals surface area contributed by atoms with Crippen molar-refractivity contribution in [3.05, 3.63) is 29.5 Å². The summed E-state index contributed by atoms with van der Waals surface area (Å²) in [5, 5.41) is 0.469. The van der Waals surface area contributed by atoms with Crippen LogP contribution in [0.15, 0.2) is 18.2 Å². The van der Waals surface area contributed by atoms with Gasteiger partial charge >= 0.3 is 6.36 Å². The smallest absolute Gasteiger partial charge is 0.403 e. The minimum Gasteiger partial charge on any atom is -0.403 e. The molecule has 0 atom stereocenters. The molecule has 0 aliphatic carbocycles. The number of nitrogens with zero attached hydrogens (tertiary/aromatic N) is 1. The van der Waals surface area contributed by atoms with Crippen LogP contribution >= 0.6 is 0 Å². The number of fused-ring (bicyclic) bond motifs is 1. The Hall–Kier alpha value is -1.98. The summed E-state index contributed by atoms with van der Waals surface area (Å²) in [4.78, 5) is 4.23. The van der Waals surface area contributed by atoms with E-state index in [2.05, 4.69) is 9.72 Å². The van der Waals surface area contributed by atoms with Gasteiger partial charge in [0, 0.05) is 16.8 Å². The molecule has 6 heteroatoms. The van der Waals surface area contributed by atoms with Crippen LogP contribution in [-0.2, 0) is 6.42 Å². The molecule has 0 bridgehead atoms. The number of aromatic nitrogens is 1. The van der Waals surface area contributed by atoms with Gasteiger partial charge in [-0.25, -0.2) is 4.98 Å². The highest BCUT2D eigenvalue weighted by atomic mass is 19.4. The molecule has 1 heterocycles. The fourth-order valence-electron chi connectivity index (χ4n) is 1.98. The maximum Gasteiger partial charge on any atom is 0.573 e. The molecular weight excluding hydrogens is 257 g/mol. The molecular formula is C13H13F3N2O. The number of anilines is 1. The van der Waals surface area contributed by atoms with Crippen molar-refractivity contribution >= 4 is 16.6 Å². The molecule has 0 saturated carbocycles. The molecule has 0 saturated heterocycles. The van der Waals surface area contributed by atoms with Gasteiger partial charge in [-0.15, -0.1) is 13.2 Å². The molecule has 1 aromatic carbocycles. The van der Waals surface area contributed by atoms with Gasteiger partial charge in [-0.05, 0) is 25.0 Å².